The van der Waals surface area contributed by atoms with E-state index in [1.54, 1.807) is 81.6 Å². The number of sulfone groups is 1. The highest BCUT2D eigenvalue weighted by Crippen LogP contribution is 2.40. The molecule has 60 heavy (non-hydrogen) atoms. The van der Waals surface area contributed by atoms with Crippen LogP contribution in [-0.2, 0) is 43.1 Å². The van der Waals surface area contributed by atoms with Crippen molar-refractivity contribution in [3.05, 3.63) is 52.9 Å². The number of hydrogen-bond donors (Lipinski definition) is 5. The minimum Gasteiger partial charge on any atom is -0.444 e. The van der Waals surface area contributed by atoms with E-state index in [2.05, 4.69) is 30.4 Å². The van der Waals surface area contributed by atoms with Crippen LogP contribution in [-0.4, -0.2) is 88.7 Å². The highest BCUT2D eigenvalue weighted by Gasteiger charge is 2.28. The van der Waals surface area contributed by atoms with Crippen LogP contribution in [0, 0.1) is 12.3 Å². The molecule has 0 spiro atoms. The highest BCUT2D eigenvalue weighted by molar-refractivity contribution is 8.01. The minimum absolute atomic E-state index is 0.0172. The first-order valence-electron chi connectivity index (χ1n) is 17.9. The van der Waals surface area contributed by atoms with Gasteiger partial charge in [-0.05, 0) is 117 Å². The lowest BCUT2D eigenvalue weighted by atomic mass is 9.97. The molecule has 2 aromatic carbocycles. The fraction of sp³-hybridized carbons (Fsp3) is 0.421. The van der Waals surface area contributed by atoms with Crippen LogP contribution in [0.5, 0.6) is 0 Å². The molecule has 3 aromatic rings. The Morgan fingerprint density at radius 2 is 1.33 bits per heavy atom. The van der Waals surface area contributed by atoms with Gasteiger partial charge < -0.3 is 19.5 Å². The summed E-state index contributed by atoms with van der Waals surface area (Å²) in [5.41, 5.74) is -1.60. The summed E-state index contributed by atoms with van der Waals surface area (Å²) in [6, 6.07) is 9.96. The first kappa shape index (κ1) is 49.3. The predicted octanol–water partition coefficient (Wildman–Crippen LogP) is 7.08. The number of carbonyl (C=O) groups excluding carboxylic acids is 4. The summed E-state index contributed by atoms with van der Waals surface area (Å²) in [7, 11) is -8.30. The van der Waals surface area contributed by atoms with Crippen molar-refractivity contribution in [2.45, 2.75) is 100 Å². The Kier molecular flexibility index (Phi) is 15.7. The molecule has 0 aliphatic rings. The summed E-state index contributed by atoms with van der Waals surface area (Å²) < 4.78 is 72.8. The number of thiophene rings is 1. The van der Waals surface area contributed by atoms with E-state index in [9.17, 15) is 36.0 Å². The van der Waals surface area contributed by atoms with E-state index in [0.29, 0.717) is 20.9 Å². The number of anilines is 1. The molecule has 1 heterocycles. The lowest BCUT2D eigenvalue weighted by Crippen LogP contribution is -2.47. The smallest absolute Gasteiger partial charge is 0.414 e. The molecule has 0 saturated carbocycles. The van der Waals surface area contributed by atoms with Crippen molar-refractivity contribution in [3.63, 3.8) is 0 Å². The Morgan fingerprint density at radius 3 is 1.83 bits per heavy atom. The second-order valence-corrected chi connectivity index (χ2v) is 21.6. The zero-order valence-corrected chi connectivity index (χ0v) is 38.5. The number of amidine groups is 1. The van der Waals surface area contributed by atoms with Crippen molar-refractivity contribution < 1.29 is 54.4 Å². The van der Waals surface area contributed by atoms with Gasteiger partial charge in [-0.1, -0.05) is 12.1 Å². The monoisotopic (exact) mass is 910 g/mol. The largest absolute Gasteiger partial charge is 0.444 e. The van der Waals surface area contributed by atoms with Crippen molar-refractivity contribution in [3.8, 4) is 11.1 Å². The van der Waals surface area contributed by atoms with Crippen LogP contribution in [0.3, 0.4) is 0 Å². The second-order valence-electron chi connectivity index (χ2n) is 15.9. The summed E-state index contributed by atoms with van der Waals surface area (Å²) >= 11 is 2.13. The fourth-order valence-electron chi connectivity index (χ4n) is 4.90. The van der Waals surface area contributed by atoms with Gasteiger partial charge in [-0.3, -0.25) is 30.3 Å². The third kappa shape index (κ3) is 15.5. The van der Waals surface area contributed by atoms with Gasteiger partial charge in [0, 0.05) is 5.56 Å². The van der Waals surface area contributed by atoms with E-state index in [1.165, 1.54) is 36.4 Å². The van der Waals surface area contributed by atoms with Crippen molar-refractivity contribution in [2.24, 2.45) is 4.99 Å². The topological polar surface area (TPSA) is 258 Å². The number of benzene rings is 2. The third-order valence-electron chi connectivity index (χ3n) is 6.92. The fourth-order valence-corrected chi connectivity index (χ4v) is 9.17. The average molecular weight is 911 g/mol. The Hall–Kier alpha value is -5.03. The molecular formula is C38H50N6O12S4. The molecule has 22 heteroatoms. The minimum atomic E-state index is -4.28. The molecule has 0 aliphatic heterocycles. The van der Waals surface area contributed by atoms with Crippen molar-refractivity contribution >= 4 is 90.4 Å². The Balaban J connectivity index is 2.18. The van der Waals surface area contributed by atoms with E-state index < -0.39 is 73.5 Å². The predicted molar refractivity (Wildman–Crippen MR) is 230 cm³/mol. The van der Waals surface area contributed by atoms with Crippen LogP contribution in [0.1, 0.15) is 72.8 Å². The number of thioether (sulfide) groups is 1. The first-order chi connectivity index (χ1) is 27.4. The summed E-state index contributed by atoms with van der Waals surface area (Å²) in [6.07, 6.45) is -0.366. The van der Waals surface area contributed by atoms with Gasteiger partial charge in [0.15, 0.2) is 0 Å². The number of carbonyl (C=O) groups is 4. The van der Waals surface area contributed by atoms with Crippen LogP contribution >= 0.6 is 23.1 Å². The lowest BCUT2D eigenvalue weighted by molar-refractivity contribution is -0.118. The summed E-state index contributed by atoms with van der Waals surface area (Å²) in [4.78, 5) is 55.2. The standard InChI is InChI=1S/C38H50N6O12S4/c1-21-16-23(40-32(43-34(47)55-37(5,6)7)44-35(48)56-38(8,9)10)18-25(41-28(45)20-53-59(12,49)50)29(21)22-14-13-15-24(17-22)60(51,52)27-19-26(58-31(27)57-11)30(39)42-33(46)54-36(2,3)4/h13-19H,20H2,1-12H3,(H,41,45)(H2,39,42,46)(H2,40,43,44,47,48). The first-order valence-corrected chi connectivity index (χ1v) is 23.2. The van der Waals surface area contributed by atoms with Crippen molar-refractivity contribution in [2.75, 3.05) is 24.4 Å². The van der Waals surface area contributed by atoms with E-state index in [4.69, 9.17) is 19.6 Å². The molecule has 5 N–H and O–H groups in total. The number of aliphatic imine (C=N–C) groups is 1. The molecule has 0 aliphatic carbocycles. The Morgan fingerprint density at radius 1 is 0.800 bits per heavy atom. The van der Waals surface area contributed by atoms with Crippen molar-refractivity contribution in [1.29, 1.82) is 5.41 Å². The SMILES string of the molecule is CSc1sc(C(=N)NC(=O)OC(C)(C)C)cc1S(=O)(=O)c1cccc(-c2c(C)cc(N=C(NC(=O)OC(C)(C)C)NC(=O)OC(C)(C)C)cc2NC(=O)COS(C)(=O)=O)c1. The highest BCUT2D eigenvalue weighted by atomic mass is 32.2. The molecule has 0 bridgehead atoms. The maximum atomic E-state index is 14.3. The molecule has 0 saturated heterocycles. The maximum absolute atomic E-state index is 14.3. The van der Waals surface area contributed by atoms with Crippen LogP contribution < -0.4 is 21.3 Å². The number of alkyl carbamates (subject to hydrolysis) is 3. The molecule has 1 aromatic heterocycles. The number of aryl methyl sites for hydroxylation is 1. The summed E-state index contributed by atoms with van der Waals surface area (Å²) in [5.74, 6) is -1.67. The summed E-state index contributed by atoms with van der Waals surface area (Å²) in [5, 5.41) is 18.1. The number of ether oxygens (including phenoxy) is 3. The molecule has 3 rings (SSSR count). The third-order valence-corrected chi connectivity index (χ3v) is 11.8. The average Bonchev–Trinajstić information content (AvgIpc) is 3.50. The van der Waals surface area contributed by atoms with Gasteiger partial charge in [0.25, 0.3) is 16.0 Å². The van der Waals surface area contributed by atoms with Gasteiger partial charge in [0.05, 0.1) is 36.5 Å². The molecule has 0 unspecified atom stereocenters. The van der Waals surface area contributed by atoms with Gasteiger partial charge in [0.1, 0.15) is 29.2 Å². The van der Waals surface area contributed by atoms with Crippen LogP contribution in [0.2, 0.25) is 0 Å². The zero-order valence-electron chi connectivity index (χ0n) is 35.2. The number of nitrogens with one attached hydrogen (secondary N) is 5. The quantitative estimate of drug-likeness (QED) is 0.0449. The van der Waals surface area contributed by atoms with Crippen LogP contribution in [0.25, 0.3) is 11.1 Å². The number of amides is 4. The number of hydrogen-bond acceptors (Lipinski definition) is 16. The maximum Gasteiger partial charge on any atom is 0.414 e. The second kappa shape index (κ2) is 19.1. The van der Waals surface area contributed by atoms with Gasteiger partial charge in [-0.2, -0.15) is 8.42 Å². The lowest BCUT2D eigenvalue weighted by Gasteiger charge is -2.22. The van der Waals surface area contributed by atoms with Gasteiger partial charge in [-0.15, -0.1) is 23.1 Å². The van der Waals surface area contributed by atoms with Crippen LogP contribution in [0.4, 0.5) is 25.8 Å². The zero-order chi connectivity index (χ0) is 45.6. The number of guanidine groups is 1. The normalized spacial score (nSPS) is 12.1. The van der Waals surface area contributed by atoms with Gasteiger partial charge in [-0.25, -0.2) is 27.8 Å². The molecule has 4 amide bonds. The molecule has 328 valence electrons. The molecule has 0 fully saturated rings. The summed E-state index contributed by atoms with van der Waals surface area (Å²) in [6.45, 7) is 15.5. The Labute approximate surface area is 358 Å². The van der Waals surface area contributed by atoms with Gasteiger partial charge in [0.2, 0.25) is 15.8 Å². The van der Waals surface area contributed by atoms with E-state index in [1.807, 2.05) is 0 Å². The molecule has 0 radical (unpaired) electrons. The molecule has 18 nitrogen and oxygen atoms in total. The Bertz CT molecular complexity index is 2380. The van der Waals surface area contributed by atoms with Crippen molar-refractivity contribution in [1.82, 2.24) is 16.0 Å². The van der Waals surface area contributed by atoms with E-state index >= 15 is 0 Å². The molecule has 0 atom stereocenters. The number of nitrogens with zero attached hydrogens (tertiary/aromatic N) is 1. The number of rotatable bonds is 10. The van der Waals surface area contributed by atoms with Gasteiger partial charge >= 0.3 is 18.3 Å². The molecular weight excluding hydrogens is 861 g/mol. The van der Waals surface area contributed by atoms with E-state index in [-0.39, 0.29) is 31.9 Å². The van der Waals surface area contributed by atoms with Crippen LogP contribution in [0.15, 0.2) is 61.5 Å². The van der Waals surface area contributed by atoms with E-state index in [0.717, 1.165) is 29.4 Å².